The first-order chi connectivity index (χ1) is 9.43. The van der Waals surface area contributed by atoms with Crippen LogP contribution < -0.4 is 0 Å². The normalized spacial score (nSPS) is 12.9. The largest absolute Gasteiger partial charge is 0.293 e. The SMILES string of the molecule is Cc1ccc(S(=O)C(C)(C)C(=O)c2ccccc2)cc1. The quantitative estimate of drug-likeness (QED) is 0.802. The number of benzene rings is 2. The molecular formula is C17H18O2S. The van der Waals surface area contributed by atoms with Gasteiger partial charge in [0.15, 0.2) is 5.78 Å². The zero-order chi connectivity index (χ0) is 14.8. The molecule has 0 fully saturated rings. The molecule has 2 aromatic rings. The summed E-state index contributed by atoms with van der Waals surface area (Å²) in [4.78, 5) is 13.2. The number of carbonyl (C=O) groups is 1. The fraction of sp³-hybridized carbons (Fsp3) is 0.235. The Labute approximate surface area is 122 Å². The molecule has 20 heavy (non-hydrogen) atoms. The number of rotatable bonds is 4. The van der Waals surface area contributed by atoms with Crippen molar-refractivity contribution < 1.29 is 9.00 Å². The van der Waals surface area contributed by atoms with Crippen molar-refractivity contribution in [2.24, 2.45) is 0 Å². The highest BCUT2D eigenvalue weighted by Gasteiger charge is 2.35. The van der Waals surface area contributed by atoms with Gasteiger partial charge in [-0.05, 0) is 32.9 Å². The Balaban J connectivity index is 2.32. The van der Waals surface area contributed by atoms with Crippen LogP contribution in [0.4, 0.5) is 0 Å². The average Bonchev–Trinajstić information content (AvgIpc) is 2.47. The number of ketones is 1. The van der Waals surface area contributed by atoms with E-state index in [-0.39, 0.29) is 5.78 Å². The molecular weight excluding hydrogens is 268 g/mol. The summed E-state index contributed by atoms with van der Waals surface area (Å²) in [6, 6.07) is 16.5. The van der Waals surface area contributed by atoms with Gasteiger partial charge in [-0.1, -0.05) is 48.0 Å². The fourth-order valence-corrected chi connectivity index (χ4v) is 3.24. The first-order valence-corrected chi connectivity index (χ1v) is 7.66. The molecule has 0 saturated heterocycles. The maximum atomic E-state index is 12.7. The van der Waals surface area contributed by atoms with Crippen molar-refractivity contribution in [1.29, 1.82) is 0 Å². The standard InChI is InChI=1S/C17H18O2S/c1-13-9-11-15(12-10-13)20(19)17(2,3)16(18)14-7-5-4-6-8-14/h4-12H,1-3H3. The summed E-state index contributed by atoms with van der Waals surface area (Å²) in [5, 5.41) is 0. The van der Waals surface area contributed by atoms with E-state index in [4.69, 9.17) is 0 Å². The summed E-state index contributed by atoms with van der Waals surface area (Å²) in [6.07, 6.45) is 0. The van der Waals surface area contributed by atoms with Crippen LogP contribution in [0.25, 0.3) is 0 Å². The lowest BCUT2D eigenvalue weighted by Gasteiger charge is -2.22. The third-order valence-electron chi connectivity index (χ3n) is 3.28. The molecule has 0 bridgehead atoms. The predicted octanol–water partition coefficient (Wildman–Crippen LogP) is 3.76. The van der Waals surface area contributed by atoms with E-state index in [1.165, 1.54) is 0 Å². The first kappa shape index (κ1) is 14.7. The predicted molar refractivity (Wildman–Crippen MR) is 82.4 cm³/mol. The van der Waals surface area contributed by atoms with Gasteiger partial charge in [0, 0.05) is 10.5 Å². The van der Waals surface area contributed by atoms with Gasteiger partial charge < -0.3 is 0 Å². The van der Waals surface area contributed by atoms with Crippen LogP contribution in [0, 0.1) is 6.92 Å². The summed E-state index contributed by atoms with van der Waals surface area (Å²) in [5.74, 6) is -0.1000. The van der Waals surface area contributed by atoms with Gasteiger partial charge >= 0.3 is 0 Å². The van der Waals surface area contributed by atoms with E-state index in [0.717, 1.165) is 5.56 Å². The number of carbonyl (C=O) groups excluding carboxylic acids is 1. The monoisotopic (exact) mass is 286 g/mol. The van der Waals surface area contributed by atoms with Crippen molar-refractivity contribution in [2.75, 3.05) is 0 Å². The van der Waals surface area contributed by atoms with E-state index < -0.39 is 15.5 Å². The van der Waals surface area contributed by atoms with Crippen LogP contribution in [0.15, 0.2) is 59.5 Å². The van der Waals surface area contributed by atoms with Crippen LogP contribution >= 0.6 is 0 Å². The minimum Gasteiger partial charge on any atom is -0.293 e. The Bertz CT molecular complexity index is 628. The molecule has 2 nitrogen and oxygen atoms in total. The molecule has 104 valence electrons. The molecule has 0 aliphatic rings. The second-order valence-corrected chi connectivity index (χ2v) is 7.32. The van der Waals surface area contributed by atoms with Gasteiger partial charge in [-0.2, -0.15) is 0 Å². The zero-order valence-corrected chi connectivity index (χ0v) is 12.7. The Morgan fingerprint density at radius 3 is 2.05 bits per heavy atom. The molecule has 2 rings (SSSR count). The number of Topliss-reactive ketones (excluding diaryl/α,β-unsaturated/α-hetero) is 1. The highest BCUT2D eigenvalue weighted by atomic mass is 32.2. The summed E-state index contributed by atoms with van der Waals surface area (Å²) < 4.78 is 11.7. The first-order valence-electron chi connectivity index (χ1n) is 6.51. The molecule has 0 aromatic heterocycles. The lowest BCUT2D eigenvalue weighted by Crippen LogP contribution is -2.36. The van der Waals surface area contributed by atoms with Crippen LogP contribution in [-0.4, -0.2) is 14.7 Å². The zero-order valence-electron chi connectivity index (χ0n) is 11.9. The summed E-state index contributed by atoms with van der Waals surface area (Å²) in [5.41, 5.74) is 1.70. The van der Waals surface area contributed by atoms with Gasteiger partial charge in [0.2, 0.25) is 0 Å². The molecule has 2 aromatic carbocycles. The van der Waals surface area contributed by atoms with E-state index in [1.807, 2.05) is 49.4 Å². The minimum atomic E-state index is -1.38. The Hall–Kier alpha value is -1.74. The summed E-state index contributed by atoms with van der Waals surface area (Å²) in [7, 11) is -1.38. The van der Waals surface area contributed by atoms with Crippen LogP contribution in [0.1, 0.15) is 29.8 Å². The second-order valence-electron chi connectivity index (χ2n) is 5.29. The van der Waals surface area contributed by atoms with Crippen LogP contribution in [0.2, 0.25) is 0 Å². The molecule has 0 amide bonds. The van der Waals surface area contributed by atoms with E-state index in [1.54, 1.807) is 26.0 Å². The van der Waals surface area contributed by atoms with Crippen molar-refractivity contribution in [3.63, 3.8) is 0 Å². The van der Waals surface area contributed by atoms with E-state index in [9.17, 15) is 9.00 Å². The van der Waals surface area contributed by atoms with E-state index >= 15 is 0 Å². The Morgan fingerprint density at radius 2 is 1.50 bits per heavy atom. The van der Waals surface area contributed by atoms with Crippen LogP contribution in [-0.2, 0) is 10.8 Å². The lowest BCUT2D eigenvalue weighted by molar-refractivity contribution is 0.0956. The Kier molecular flexibility index (Phi) is 4.19. The van der Waals surface area contributed by atoms with Crippen LogP contribution in [0.5, 0.6) is 0 Å². The Morgan fingerprint density at radius 1 is 0.950 bits per heavy atom. The molecule has 0 spiro atoms. The number of hydrogen-bond acceptors (Lipinski definition) is 2. The van der Waals surface area contributed by atoms with Crippen molar-refractivity contribution >= 4 is 16.6 Å². The molecule has 1 atom stereocenters. The summed E-state index contributed by atoms with van der Waals surface area (Å²) in [6.45, 7) is 5.45. The lowest BCUT2D eigenvalue weighted by atomic mass is 10.0. The maximum absolute atomic E-state index is 12.7. The third-order valence-corrected chi connectivity index (χ3v) is 5.09. The van der Waals surface area contributed by atoms with Gasteiger partial charge in [0.05, 0.1) is 10.8 Å². The maximum Gasteiger partial charge on any atom is 0.181 e. The van der Waals surface area contributed by atoms with Crippen molar-refractivity contribution in [3.05, 3.63) is 65.7 Å². The summed E-state index contributed by atoms with van der Waals surface area (Å²) >= 11 is 0. The molecule has 3 heteroatoms. The molecule has 0 aliphatic carbocycles. The van der Waals surface area contributed by atoms with Crippen LogP contribution in [0.3, 0.4) is 0 Å². The van der Waals surface area contributed by atoms with Gasteiger partial charge in [0.25, 0.3) is 0 Å². The van der Waals surface area contributed by atoms with E-state index in [2.05, 4.69) is 0 Å². The molecule has 0 radical (unpaired) electrons. The smallest absolute Gasteiger partial charge is 0.181 e. The van der Waals surface area contributed by atoms with Gasteiger partial charge in [-0.15, -0.1) is 0 Å². The number of hydrogen-bond donors (Lipinski definition) is 0. The molecule has 1 unspecified atom stereocenters. The molecule has 0 aliphatic heterocycles. The van der Waals surface area contributed by atoms with Gasteiger partial charge in [-0.3, -0.25) is 9.00 Å². The minimum absolute atomic E-state index is 0.1000. The number of aryl methyl sites for hydroxylation is 1. The van der Waals surface area contributed by atoms with Crippen molar-refractivity contribution in [1.82, 2.24) is 0 Å². The molecule has 0 saturated carbocycles. The molecule has 0 heterocycles. The topological polar surface area (TPSA) is 34.1 Å². The fourth-order valence-electron chi connectivity index (χ4n) is 1.98. The highest BCUT2D eigenvalue weighted by molar-refractivity contribution is 7.87. The second kappa shape index (κ2) is 5.71. The average molecular weight is 286 g/mol. The van der Waals surface area contributed by atoms with Gasteiger partial charge in [-0.25, -0.2) is 0 Å². The van der Waals surface area contributed by atoms with E-state index in [0.29, 0.717) is 10.5 Å². The third kappa shape index (κ3) is 2.88. The van der Waals surface area contributed by atoms with Crippen molar-refractivity contribution in [2.45, 2.75) is 30.4 Å². The highest BCUT2D eigenvalue weighted by Crippen LogP contribution is 2.25. The molecule has 0 N–H and O–H groups in total. The van der Waals surface area contributed by atoms with Gasteiger partial charge in [0.1, 0.15) is 4.75 Å². The van der Waals surface area contributed by atoms with Crippen molar-refractivity contribution in [3.8, 4) is 0 Å².